The first-order valence-electron chi connectivity index (χ1n) is 8.14. The summed E-state index contributed by atoms with van der Waals surface area (Å²) in [6.07, 6.45) is 1.70. The van der Waals surface area contributed by atoms with Crippen molar-refractivity contribution >= 4 is 11.9 Å². The third-order valence-corrected chi connectivity index (χ3v) is 4.27. The van der Waals surface area contributed by atoms with Gasteiger partial charge in [0.2, 0.25) is 0 Å². The van der Waals surface area contributed by atoms with E-state index in [0.29, 0.717) is 17.5 Å². The molecule has 6 nitrogen and oxygen atoms in total. The average molecular weight is 343 g/mol. The van der Waals surface area contributed by atoms with Gasteiger partial charge in [0, 0.05) is 17.5 Å². The molecule has 132 valence electrons. The monoisotopic (exact) mass is 343 g/mol. The molecule has 6 heteroatoms. The lowest BCUT2D eigenvalue weighted by Crippen LogP contribution is -2.41. The van der Waals surface area contributed by atoms with Crippen LogP contribution in [0.2, 0.25) is 0 Å². The molecule has 1 aromatic heterocycles. The fourth-order valence-corrected chi connectivity index (χ4v) is 3.23. The first-order chi connectivity index (χ1) is 11.8. The van der Waals surface area contributed by atoms with Crippen molar-refractivity contribution in [2.24, 2.45) is 0 Å². The van der Waals surface area contributed by atoms with Crippen molar-refractivity contribution in [2.45, 2.75) is 45.3 Å². The molecule has 2 N–H and O–H groups in total. The smallest absolute Gasteiger partial charge is 0.311 e. The molecule has 3 rings (SSSR count). The Kier molecular flexibility index (Phi) is 4.29. The fraction of sp³-hybridized carbons (Fsp3) is 0.368. The average Bonchev–Trinajstić information content (AvgIpc) is 2.86. The molecule has 1 atom stereocenters. The lowest BCUT2D eigenvalue weighted by atomic mass is 9.89. The van der Waals surface area contributed by atoms with Crippen molar-refractivity contribution in [2.75, 3.05) is 0 Å². The van der Waals surface area contributed by atoms with Crippen molar-refractivity contribution in [3.05, 3.63) is 53.0 Å². The predicted molar refractivity (Wildman–Crippen MR) is 90.8 cm³/mol. The molecule has 0 saturated carbocycles. The van der Waals surface area contributed by atoms with E-state index in [4.69, 9.17) is 14.3 Å². The second-order valence-corrected chi connectivity index (χ2v) is 6.92. The standard InChI is InChI=1S/C19H21NO5/c1-11-10-24-15(8-16(21)22)17(11)18(23)20-13-9-19(2,3)25-14-7-5-4-6-12(13)14/h4-7,10,13H,8-9H2,1-3H3,(H,20,23)(H,21,22). The number of hydrogen-bond donors (Lipinski definition) is 2. The van der Waals surface area contributed by atoms with Crippen LogP contribution in [0.3, 0.4) is 0 Å². The van der Waals surface area contributed by atoms with E-state index in [1.54, 1.807) is 6.92 Å². The van der Waals surface area contributed by atoms with E-state index in [2.05, 4.69) is 5.32 Å². The molecule has 0 fully saturated rings. The van der Waals surface area contributed by atoms with E-state index in [0.717, 1.165) is 11.3 Å². The van der Waals surface area contributed by atoms with Crippen molar-refractivity contribution in [1.82, 2.24) is 5.32 Å². The number of benzene rings is 1. The highest BCUT2D eigenvalue weighted by Crippen LogP contribution is 2.39. The van der Waals surface area contributed by atoms with Gasteiger partial charge in [-0.25, -0.2) is 0 Å². The molecule has 0 aliphatic carbocycles. The summed E-state index contributed by atoms with van der Waals surface area (Å²) < 4.78 is 11.2. The molecule has 1 amide bonds. The van der Waals surface area contributed by atoms with Gasteiger partial charge in [0.05, 0.1) is 17.9 Å². The Hall–Kier alpha value is -2.76. The molecular formula is C19H21NO5. The van der Waals surface area contributed by atoms with Gasteiger partial charge in [-0.1, -0.05) is 18.2 Å². The SMILES string of the molecule is Cc1coc(CC(=O)O)c1C(=O)NC1CC(C)(C)Oc2ccccc21. The number of aryl methyl sites for hydroxylation is 1. The Balaban J connectivity index is 1.89. The largest absolute Gasteiger partial charge is 0.487 e. The lowest BCUT2D eigenvalue weighted by Gasteiger charge is -2.37. The minimum absolute atomic E-state index is 0.169. The van der Waals surface area contributed by atoms with Crippen molar-refractivity contribution < 1.29 is 23.8 Å². The van der Waals surface area contributed by atoms with Crippen LogP contribution >= 0.6 is 0 Å². The highest BCUT2D eigenvalue weighted by molar-refractivity contribution is 5.97. The summed E-state index contributed by atoms with van der Waals surface area (Å²) >= 11 is 0. The van der Waals surface area contributed by atoms with Crippen LogP contribution < -0.4 is 10.1 Å². The highest BCUT2D eigenvalue weighted by Gasteiger charge is 2.35. The van der Waals surface area contributed by atoms with E-state index in [-0.39, 0.29) is 24.1 Å². The first kappa shape index (κ1) is 17.1. The normalized spacial score (nSPS) is 18.1. The van der Waals surface area contributed by atoms with Gasteiger partial charge in [0.15, 0.2) is 0 Å². The molecule has 1 aliphatic rings. The van der Waals surface area contributed by atoms with Crippen molar-refractivity contribution in [3.63, 3.8) is 0 Å². The summed E-state index contributed by atoms with van der Waals surface area (Å²) in [7, 11) is 0. The molecule has 0 spiro atoms. The number of carboxylic acid groups (broad SMARTS) is 1. The number of fused-ring (bicyclic) bond motifs is 1. The van der Waals surface area contributed by atoms with Gasteiger partial charge in [-0.15, -0.1) is 0 Å². The maximum atomic E-state index is 12.8. The Morgan fingerprint density at radius 3 is 2.76 bits per heavy atom. The summed E-state index contributed by atoms with van der Waals surface area (Å²) in [6, 6.07) is 7.38. The van der Waals surface area contributed by atoms with Crippen LogP contribution in [0.15, 0.2) is 34.9 Å². The summed E-state index contributed by atoms with van der Waals surface area (Å²) in [5.74, 6) is -0.457. The summed E-state index contributed by atoms with van der Waals surface area (Å²) in [4.78, 5) is 23.8. The molecule has 2 aromatic rings. The second kappa shape index (κ2) is 6.27. The number of ether oxygens (including phenoxy) is 1. The van der Waals surface area contributed by atoms with E-state index in [9.17, 15) is 9.59 Å². The molecule has 25 heavy (non-hydrogen) atoms. The Labute approximate surface area is 145 Å². The Bertz CT molecular complexity index is 821. The molecule has 0 radical (unpaired) electrons. The number of amides is 1. The van der Waals surface area contributed by atoms with Gasteiger partial charge in [0.1, 0.15) is 23.5 Å². The van der Waals surface area contributed by atoms with Gasteiger partial charge in [-0.05, 0) is 26.8 Å². The van der Waals surface area contributed by atoms with Crippen molar-refractivity contribution in [1.29, 1.82) is 0 Å². The predicted octanol–water partition coefficient (Wildman–Crippen LogP) is 3.25. The van der Waals surface area contributed by atoms with Gasteiger partial charge < -0.3 is 19.6 Å². The molecule has 0 saturated heterocycles. The highest BCUT2D eigenvalue weighted by atomic mass is 16.5. The topological polar surface area (TPSA) is 88.8 Å². The molecule has 1 aliphatic heterocycles. The van der Waals surface area contributed by atoms with E-state index in [1.807, 2.05) is 38.1 Å². The maximum absolute atomic E-state index is 12.8. The minimum Gasteiger partial charge on any atom is -0.487 e. The number of para-hydroxylation sites is 1. The van der Waals surface area contributed by atoms with Crippen LogP contribution in [0.5, 0.6) is 5.75 Å². The number of carbonyl (C=O) groups excluding carboxylic acids is 1. The molecule has 0 bridgehead atoms. The summed E-state index contributed by atoms with van der Waals surface area (Å²) in [6.45, 7) is 5.67. The Morgan fingerprint density at radius 2 is 2.04 bits per heavy atom. The number of hydrogen-bond acceptors (Lipinski definition) is 4. The van der Waals surface area contributed by atoms with Crippen LogP contribution in [0, 0.1) is 6.92 Å². The molecular weight excluding hydrogens is 322 g/mol. The summed E-state index contributed by atoms with van der Waals surface area (Å²) in [5.41, 5.74) is 1.41. The quantitative estimate of drug-likeness (QED) is 0.889. The van der Waals surface area contributed by atoms with E-state index < -0.39 is 11.6 Å². The second-order valence-electron chi connectivity index (χ2n) is 6.92. The third-order valence-electron chi connectivity index (χ3n) is 4.27. The van der Waals surface area contributed by atoms with Gasteiger partial charge >= 0.3 is 5.97 Å². The van der Waals surface area contributed by atoms with E-state index >= 15 is 0 Å². The van der Waals surface area contributed by atoms with Gasteiger partial charge in [-0.3, -0.25) is 9.59 Å². The number of rotatable bonds is 4. The van der Waals surface area contributed by atoms with Crippen LogP contribution in [0.25, 0.3) is 0 Å². The summed E-state index contributed by atoms with van der Waals surface area (Å²) in [5, 5.41) is 12.0. The van der Waals surface area contributed by atoms with Crippen LogP contribution in [-0.4, -0.2) is 22.6 Å². The van der Waals surface area contributed by atoms with Gasteiger partial charge in [0.25, 0.3) is 5.91 Å². The zero-order chi connectivity index (χ0) is 18.2. The number of nitrogens with one attached hydrogen (secondary N) is 1. The van der Waals surface area contributed by atoms with Crippen molar-refractivity contribution in [3.8, 4) is 5.75 Å². The van der Waals surface area contributed by atoms with Crippen LogP contribution in [-0.2, 0) is 11.2 Å². The van der Waals surface area contributed by atoms with Crippen LogP contribution in [0.1, 0.15) is 53.6 Å². The number of furan rings is 1. The third kappa shape index (κ3) is 3.52. The van der Waals surface area contributed by atoms with E-state index in [1.165, 1.54) is 6.26 Å². The Morgan fingerprint density at radius 1 is 1.32 bits per heavy atom. The molecule has 2 heterocycles. The lowest BCUT2D eigenvalue weighted by molar-refractivity contribution is -0.136. The number of aliphatic carboxylic acids is 1. The first-order valence-corrected chi connectivity index (χ1v) is 8.14. The molecule has 1 aromatic carbocycles. The molecule has 1 unspecified atom stereocenters. The van der Waals surface area contributed by atoms with Crippen LogP contribution in [0.4, 0.5) is 0 Å². The zero-order valence-corrected chi connectivity index (χ0v) is 14.5. The van der Waals surface area contributed by atoms with Gasteiger partial charge in [-0.2, -0.15) is 0 Å². The minimum atomic E-state index is -1.04. The fourth-order valence-electron chi connectivity index (χ4n) is 3.23. The maximum Gasteiger partial charge on any atom is 0.311 e. The number of carboxylic acids is 1. The zero-order valence-electron chi connectivity index (χ0n) is 14.5. The number of carbonyl (C=O) groups is 2.